The molecule has 10 heteroatoms. The average molecular weight is 462 g/mol. The molecule has 1 amide bonds. The van der Waals surface area contributed by atoms with Crippen LogP contribution in [0.25, 0.3) is 16.6 Å². The molecule has 1 aromatic heterocycles. The number of amides is 1. The van der Waals surface area contributed by atoms with Gasteiger partial charge in [-0.05, 0) is 42.8 Å². The Morgan fingerprint density at radius 1 is 1.23 bits per heavy atom. The Hall–Kier alpha value is -2.72. The van der Waals surface area contributed by atoms with E-state index in [4.69, 9.17) is 0 Å². The van der Waals surface area contributed by atoms with Gasteiger partial charge in [-0.3, -0.25) is 14.2 Å². The first-order chi connectivity index (χ1) is 14.7. The molecule has 31 heavy (non-hydrogen) atoms. The molecule has 162 valence electrons. The second kappa shape index (κ2) is 8.43. The van der Waals surface area contributed by atoms with Crippen molar-refractivity contribution in [2.45, 2.75) is 17.6 Å². The molecular formula is C21H20FN3O4S2. The minimum absolute atomic E-state index is 0.0149. The van der Waals surface area contributed by atoms with Crippen molar-refractivity contribution < 1.29 is 17.6 Å². The summed E-state index contributed by atoms with van der Waals surface area (Å²) < 4.78 is 38.2. The summed E-state index contributed by atoms with van der Waals surface area (Å²) in [7, 11) is -1.51. The minimum atomic E-state index is -3.11. The molecule has 0 unspecified atom stereocenters. The number of hydrogen-bond acceptors (Lipinski definition) is 6. The number of carbonyl (C=O) groups excluding carboxylic acids is 1. The predicted octanol–water partition coefficient (Wildman–Crippen LogP) is 2.26. The van der Waals surface area contributed by atoms with Crippen molar-refractivity contribution in [1.29, 1.82) is 0 Å². The highest BCUT2D eigenvalue weighted by atomic mass is 32.2. The van der Waals surface area contributed by atoms with Crippen LogP contribution in [0.5, 0.6) is 0 Å². The molecule has 1 fully saturated rings. The molecule has 0 aliphatic carbocycles. The van der Waals surface area contributed by atoms with Crippen LogP contribution < -0.4 is 5.56 Å². The van der Waals surface area contributed by atoms with Crippen LogP contribution in [0.1, 0.15) is 6.42 Å². The van der Waals surface area contributed by atoms with Gasteiger partial charge < -0.3 is 4.90 Å². The Bertz CT molecular complexity index is 1310. The zero-order valence-electron chi connectivity index (χ0n) is 16.7. The van der Waals surface area contributed by atoms with Gasteiger partial charge in [0.1, 0.15) is 5.82 Å². The highest BCUT2D eigenvalue weighted by Gasteiger charge is 2.32. The second-order valence-corrected chi connectivity index (χ2v) is 10.5. The van der Waals surface area contributed by atoms with Crippen LogP contribution >= 0.6 is 11.8 Å². The summed E-state index contributed by atoms with van der Waals surface area (Å²) in [6.45, 7) is 0. The van der Waals surface area contributed by atoms with Crippen molar-refractivity contribution in [3.63, 3.8) is 0 Å². The first kappa shape index (κ1) is 21.5. The molecule has 1 saturated heterocycles. The van der Waals surface area contributed by atoms with Crippen molar-refractivity contribution >= 4 is 38.4 Å². The van der Waals surface area contributed by atoms with Gasteiger partial charge in [0.25, 0.3) is 5.56 Å². The van der Waals surface area contributed by atoms with Crippen LogP contribution in [-0.4, -0.2) is 59.1 Å². The van der Waals surface area contributed by atoms with E-state index in [1.165, 1.54) is 33.7 Å². The maximum absolute atomic E-state index is 13.4. The van der Waals surface area contributed by atoms with Gasteiger partial charge >= 0.3 is 0 Å². The van der Waals surface area contributed by atoms with Crippen LogP contribution in [0, 0.1) is 5.82 Å². The Kier molecular flexibility index (Phi) is 5.85. The van der Waals surface area contributed by atoms with Crippen LogP contribution in [0.15, 0.2) is 58.5 Å². The van der Waals surface area contributed by atoms with Crippen molar-refractivity contribution in [3.05, 3.63) is 64.7 Å². The van der Waals surface area contributed by atoms with E-state index in [2.05, 4.69) is 4.98 Å². The molecule has 1 atom stereocenters. The number of thioether (sulfide) groups is 1. The van der Waals surface area contributed by atoms with E-state index < -0.39 is 15.7 Å². The number of sulfone groups is 1. The molecule has 2 aromatic carbocycles. The maximum atomic E-state index is 13.4. The number of nitrogens with zero attached hydrogens (tertiary/aromatic N) is 3. The zero-order chi connectivity index (χ0) is 22.2. The Labute approximate surface area is 182 Å². The van der Waals surface area contributed by atoms with E-state index in [1.807, 2.05) is 0 Å². The minimum Gasteiger partial charge on any atom is -0.341 e. The summed E-state index contributed by atoms with van der Waals surface area (Å²) in [5.74, 6) is -0.644. The van der Waals surface area contributed by atoms with E-state index >= 15 is 0 Å². The van der Waals surface area contributed by atoms with Gasteiger partial charge in [-0.2, -0.15) is 0 Å². The van der Waals surface area contributed by atoms with E-state index in [1.54, 1.807) is 31.3 Å². The third-order valence-electron chi connectivity index (χ3n) is 5.30. The van der Waals surface area contributed by atoms with Gasteiger partial charge in [0.2, 0.25) is 5.91 Å². The lowest BCUT2D eigenvalue weighted by Gasteiger charge is -2.23. The molecule has 4 rings (SSSR count). The highest BCUT2D eigenvalue weighted by molar-refractivity contribution is 7.99. The summed E-state index contributed by atoms with van der Waals surface area (Å²) in [6, 6.07) is 12.0. The average Bonchev–Trinajstić information content (AvgIpc) is 3.12. The molecule has 2 heterocycles. The number of benzene rings is 2. The van der Waals surface area contributed by atoms with Gasteiger partial charge in [0.15, 0.2) is 15.0 Å². The first-order valence-electron chi connectivity index (χ1n) is 9.62. The van der Waals surface area contributed by atoms with Crippen molar-refractivity contribution in [2.24, 2.45) is 0 Å². The number of halogens is 1. The molecule has 1 aliphatic heterocycles. The van der Waals surface area contributed by atoms with Gasteiger partial charge in [-0.1, -0.05) is 23.9 Å². The molecule has 0 saturated carbocycles. The molecular weight excluding hydrogens is 441 g/mol. The van der Waals surface area contributed by atoms with Crippen molar-refractivity contribution in [2.75, 3.05) is 24.3 Å². The van der Waals surface area contributed by atoms with Gasteiger partial charge in [-0.15, -0.1) is 0 Å². The van der Waals surface area contributed by atoms with E-state index in [0.29, 0.717) is 28.2 Å². The summed E-state index contributed by atoms with van der Waals surface area (Å²) in [4.78, 5) is 31.9. The fraction of sp³-hybridized carbons (Fsp3) is 0.286. The number of para-hydroxylation sites is 1. The summed E-state index contributed by atoms with van der Waals surface area (Å²) in [5.41, 5.74) is 0.619. The maximum Gasteiger partial charge on any atom is 0.266 e. The highest BCUT2D eigenvalue weighted by Crippen LogP contribution is 2.23. The largest absolute Gasteiger partial charge is 0.341 e. The number of fused-ring (bicyclic) bond motifs is 1. The van der Waals surface area contributed by atoms with Crippen LogP contribution in [0.3, 0.4) is 0 Å². The molecule has 0 N–H and O–H groups in total. The molecule has 7 nitrogen and oxygen atoms in total. The Balaban J connectivity index is 1.65. The quantitative estimate of drug-likeness (QED) is 0.428. The second-order valence-electron chi connectivity index (χ2n) is 7.38. The number of carbonyl (C=O) groups is 1. The van der Waals surface area contributed by atoms with Crippen molar-refractivity contribution in [1.82, 2.24) is 14.5 Å². The number of hydrogen-bond donors (Lipinski definition) is 0. The SMILES string of the molecule is CN(C(=O)CSc1nc2ccccc2c(=O)n1-c1ccc(F)cc1)[C@H]1CCS(=O)(=O)C1. The topological polar surface area (TPSA) is 89.3 Å². The molecule has 0 spiro atoms. The molecule has 1 aliphatic rings. The third-order valence-corrected chi connectivity index (χ3v) is 7.98. The fourth-order valence-electron chi connectivity index (χ4n) is 3.54. The van der Waals surface area contributed by atoms with E-state index in [0.717, 1.165) is 11.8 Å². The lowest BCUT2D eigenvalue weighted by Crippen LogP contribution is -2.39. The third kappa shape index (κ3) is 4.49. The molecule has 3 aromatic rings. The zero-order valence-corrected chi connectivity index (χ0v) is 18.3. The lowest BCUT2D eigenvalue weighted by molar-refractivity contribution is -0.128. The lowest BCUT2D eigenvalue weighted by atomic mass is 10.2. The first-order valence-corrected chi connectivity index (χ1v) is 12.4. The van der Waals surface area contributed by atoms with Crippen LogP contribution in [0.4, 0.5) is 4.39 Å². The standard InChI is InChI=1S/C21H20FN3O4S2/c1-24(16-10-11-31(28,29)13-16)19(26)12-30-21-23-18-5-3-2-4-17(18)20(27)25(21)15-8-6-14(22)7-9-15/h2-9,16H,10-13H2,1H3/t16-/m0/s1. The van der Waals surface area contributed by atoms with E-state index in [9.17, 15) is 22.4 Å². The fourth-order valence-corrected chi connectivity index (χ4v) is 6.25. The van der Waals surface area contributed by atoms with Crippen LogP contribution in [-0.2, 0) is 14.6 Å². The normalized spacial score (nSPS) is 17.7. The van der Waals surface area contributed by atoms with Gasteiger partial charge in [0.05, 0.1) is 33.8 Å². The Morgan fingerprint density at radius 3 is 2.61 bits per heavy atom. The Morgan fingerprint density at radius 2 is 1.94 bits per heavy atom. The number of aromatic nitrogens is 2. The van der Waals surface area contributed by atoms with Gasteiger partial charge in [0, 0.05) is 13.1 Å². The number of rotatable bonds is 5. The summed E-state index contributed by atoms with van der Waals surface area (Å²) in [6.07, 6.45) is 0.420. The molecule has 0 radical (unpaired) electrons. The van der Waals surface area contributed by atoms with Gasteiger partial charge in [-0.25, -0.2) is 17.8 Å². The van der Waals surface area contributed by atoms with Crippen LogP contribution in [0.2, 0.25) is 0 Å². The van der Waals surface area contributed by atoms with Crippen molar-refractivity contribution in [3.8, 4) is 5.69 Å². The molecule has 0 bridgehead atoms. The van der Waals surface area contributed by atoms with E-state index in [-0.39, 0.29) is 34.8 Å². The monoisotopic (exact) mass is 461 g/mol. The summed E-state index contributed by atoms with van der Waals surface area (Å²) >= 11 is 1.09. The predicted molar refractivity (Wildman–Crippen MR) is 118 cm³/mol. The summed E-state index contributed by atoms with van der Waals surface area (Å²) in [5, 5.41) is 0.715. The smallest absolute Gasteiger partial charge is 0.266 e.